The van der Waals surface area contributed by atoms with Crippen LogP contribution in [-0.2, 0) is 16.1 Å². The van der Waals surface area contributed by atoms with Crippen LogP contribution in [0, 0.1) is 19.8 Å². The molecule has 4 heterocycles. The molecule has 3 aromatic rings. The third-order valence-corrected chi connectivity index (χ3v) is 6.75. The fourth-order valence-electron chi connectivity index (χ4n) is 4.64. The topological polar surface area (TPSA) is 100 Å². The van der Waals surface area contributed by atoms with Gasteiger partial charge >= 0.3 is 0 Å². The van der Waals surface area contributed by atoms with E-state index >= 15 is 0 Å². The normalized spacial score (nSPS) is 19.1. The van der Waals surface area contributed by atoms with E-state index in [1.807, 2.05) is 36.9 Å². The van der Waals surface area contributed by atoms with Gasteiger partial charge in [0.05, 0.1) is 5.92 Å². The van der Waals surface area contributed by atoms with E-state index in [9.17, 15) is 9.59 Å². The van der Waals surface area contributed by atoms with Gasteiger partial charge in [-0.25, -0.2) is 14.6 Å². The first-order valence-electron chi connectivity index (χ1n) is 11.4. The molecular weight excluding hydrogens is 420 g/mol. The number of aryl methyl sites for hydroxylation is 3. The Morgan fingerprint density at radius 2 is 1.88 bits per heavy atom. The number of anilines is 2. The summed E-state index contributed by atoms with van der Waals surface area (Å²) in [6.07, 6.45) is 1.80. The zero-order valence-electron chi connectivity index (χ0n) is 19.2. The number of benzene rings is 1. The van der Waals surface area contributed by atoms with Crippen LogP contribution in [0.4, 0.5) is 11.5 Å². The molecule has 1 aromatic carbocycles. The lowest BCUT2D eigenvalue weighted by Gasteiger charge is -2.36. The van der Waals surface area contributed by atoms with Gasteiger partial charge in [0.25, 0.3) is 0 Å². The van der Waals surface area contributed by atoms with Crippen LogP contribution in [-0.4, -0.2) is 74.4 Å². The van der Waals surface area contributed by atoms with Gasteiger partial charge in [0.2, 0.25) is 11.8 Å². The van der Waals surface area contributed by atoms with Gasteiger partial charge in [-0.3, -0.25) is 9.59 Å². The highest BCUT2D eigenvalue weighted by atomic mass is 16.2. The van der Waals surface area contributed by atoms with E-state index in [0.29, 0.717) is 44.8 Å². The lowest BCUT2D eigenvalue weighted by atomic mass is 10.1. The van der Waals surface area contributed by atoms with Gasteiger partial charge in [-0.2, -0.15) is 0 Å². The maximum absolute atomic E-state index is 13.2. The summed E-state index contributed by atoms with van der Waals surface area (Å²) in [5.74, 6) is 0.515. The van der Waals surface area contributed by atoms with Crippen LogP contribution >= 0.6 is 0 Å². The molecule has 10 nitrogen and oxygen atoms in total. The highest BCUT2D eigenvalue weighted by Gasteiger charge is 2.38. The fraction of sp³-hybridized carbons (Fsp3) is 0.478. The first kappa shape index (κ1) is 21.3. The van der Waals surface area contributed by atoms with Crippen molar-refractivity contribution < 1.29 is 9.59 Å². The summed E-state index contributed by atoms with van der Waals surface area (Å²) >= 11 is 0. The van der Waals surface area contributed by atoms with E-state index in [1.165, 1.54) is 11.9 Å². The summed E-state index contributed by atoms with van der Waals surface area (Å²) in [5, 5.41) is 8.41. The van der Waals surface area contributed by atoms with E-state index in [1.54, 1.807) is 9.58 Å². The van der Waals surface area contributed by atoms with E-state index in [4.69, 9.17) is 0 Å². The number of rotatable bonds is 4. The summed E-state index contributed by atoms with van der Waals surface area (Å²) in [4.78, 5) is 40.4. The van der Waals surface area contributed by atoms with Gasteiger partial charge in [-0.1, -0.05) is 11.3 Å². The van der Waals surface area contributed by atoms with Crippen molar-refractivity contribution in [1.29, 1.82) is 0 Å². The average molecular weight is 449 g/mol. The molecule has 2 aromatic heterocycles. The van der Waals surface area contributed by atoms with Gasteiger partial charge in [0.1, 0.15) is 6.33 Å². The molecule has 2 fully saturated rings. The van der Waals surface area contributed by atoms with Crippen LogP contribution in [0.25, 0.3) is 11.2 Å². The Labute approximate surface area is 192 Å². The Bertz CT molecular complexity index is 1210. The molecule has 33 heavy (non-hydrogen) atoms. The number of piperazine rings is 1. The second-order valence-corrected chi connectivity index (χ2v) is 8.76. The molecule has 10 heteroatoms. The predicted octanol–water partition coefficient (Wildman–Crippen LogP) is 1.56. The first-order chi connectivity index (χ1) is 16.0. The summed E-state index contributed by atoms with van der Waals surface area (Å²) in [6, 6.07) is 6.01. The second-order valence-electron chi connectivity index (χ2n) is 8.76. The third-order valence-electron chi connectivity index (χ3n) is 6.75. The molecule has 5 rings (SSSR count). The molecule has 0 aliphatic carbocycles. The molecule has 0 N–H and O–H groups in total. The molecule has 2 aliphatic rings. The highest BCUT2D eigenvalue weighted by Crippen LogP contribution is 2.29. The van der Waals surface area contributed by atoms with Crippen molar-refractivity contribution in [3.05, 3.63) is 35.7 Å². The Morgan fingerprint density at radius 3 is 2.61 bits per heavy atom. The van der Waals surface area contributed by atoms with Crippen molar-refractivity contribution in [1.82, 2.24) is 29.9 Å². The summed E-state index contributed by atoms with van der Waals surface area (Å²) in [6.45, 7) is 9.68. The van der Waals surface area contributed by atoms with Crippen LogP contribution in [0.5, 0.6) is 0 Å². The molecule has 2 amide bonds. The molecule has 0 bridgehead atoms. The number of hydrogen-bond donors (Lipinski definition) is 0. The number of fused-ring (bicyclic) bond motifs is 1. The standard InChI is InChI=1S/C23H28N8O2/c1-4-31-22-20(26-27-31)21(24-14-25-22)28-7-9-29(10-8-28)23(33)17-12-19(32)30(13-17)18-6-5-15(2)16(3)11-18/h5-6,11,14,17H,4,7-10,12-13H2,1-3H3/t17-/m1/s1. The van der Waals surface area contributed by atoms with E-state index in [0.717, 1.165) is 22.7 Å². The fourth-order valence-corrected chi connectivity index (χ4v) is 4.64. The number of hydrogen-bond acceptors (Lipinski definition) is 7. The zero-order chi connectivity index (χ0) is 23.1. The number of aromatic nitrogens is 5. The highest BCUT2D eigenvalue weighted by molar-refractivity contribution is 6.00. The van der Waals surface area contributed by atoms with Crippen LogP contribution in [0.1, 0.15) is 24.5 Å². The molecular formula is C23H28N8O2. The monoisotopic (exact) mass is 448 g/mol. The molecule has 0 saturated carbocycles. The number of nitrogens with zero attached hydrogens (tertiary/aromatic N) is 8. The largest absolute Gasteiger partial charge is 0.351 e. The van der Waals surface area contributed by atoms with Crippen LogP contribution < -0.4 is 9.80 Å². The summed E-state index contributed by atoms with van der Waals surface area (Å²) in [5.41, 5.74) is 4.61. The van der Waals surface area contributed by atoms with E-state index in [2.05, 4.69) is 32.1 Å². The Kier molecular flexibility index (Phi) is 5.43. The third kappa shape index (κ3) is 3.79. The van der Waals surface area contributed by atoms with E-state index < -0.39 is 0 Å². The van der Waals surface area contributed by atoms with Gasteiger partial charge in [0, 0.05) is 51.4 Å². The van der Waals surface area contributed by atoms with Gasteiger partial charge in [-0.15, -0.1) is 5.10 Å². The number of carbonyl (C=O) groups excluding carboxylic acids is 2. The summed E-state index contributed by atoms with van der Waals surface area (Å²) in [7, 11) is 0. The Hall–Kier alpha value is -3.56. The lowest BCUT2D eigenvalue weighted by molar-refractivity contribution is -0.136. The summed E-state index contributed by atoms with van der Waals surface area (Å²) < 4.78 is 1.75. The molecule has 0 spiro atoms. The van der Waals surface area contributed by atoms with Crippen molar-refractivity contribution in [2.45, 2.75) is 33.7 Å². The lowest BCUT2D eigenvalue weighted by Crippen LogP contribution is -2.51. The minimum absolute atomic E-state index is 0.0117. The first-order valence-corrected chi connectivity index (χ1v) is 11.4. The molecule has 0 radical (unpaired) electrons. The minimum Gasteiger partial charge on any atom is -0.351 e. The maximum atomic E-state index is 13.2. The van der Waals surface area contributed by atoms with Crippen molar-refractivity contribution in [2.24, 2.45) is 5.92 Å². The van der Waals surface area contributed by atoms with Crippen molar-refractivity contribution in [2.75, 3.05) is 42.5 Å². The van der Waals surface area contributed by atoms with Crippen molar-refractivity contribution >= 4 is 34.5 Å². The minimum atomic E-state index is -0.305. The van der Waals surface area contributed by atoms with Gasteiger partial charge < -0.3 is 14.7 Å². The van der Waals surface area contributed by atoms with Gasteiger partial charge in [-0.05, 0) is 44.0 Å². The average Bonchev–Trinajstić information content (AvgIpc) is 3.44. The molecule has 0 unspecified atom stereocenters. The molecule has 1 atom stereocenters. The second kappa shape index (κ2) is 8.42. The zero-order valence-corrected chi connectivity index (χ0v) is 19.2. The van der Waals surface area contributed by atoms with Crippen LogP contribution in [0.3, 0.4) is 0 Å². The molecule has 2 aliphatic heterocycles. The number of amides is 2. The molecule has 172 valence electrons. The smallest absolute Gasteiger partial charge is 0.228 e. The Morgan fingerprint density at radius 1 is 1.09 bits per heavy atom. The van der Waals surface area contributed by atoms with E-state index in [-0.39, 0.29) is 24.2 Å². The Balaban J connectivity index is 1.24. The molecule has 2 saturated heterocycles. The van der Waals surface area contributed by atoms with Gasteiger partial charge in [0.15, 0.2) is 17.0 Å². The van der Waals surface area contributed by atoms with Crippen molar-refractivity contribution in [3.63, 3.8) is 0 Å². The van der Waals surface area contributed by atoms with Crippen LogP contribution in [0.15, 0.2) is 24.5 Å². The van der Waals surface area contributed by atoms with Crippen LogP contribution in [0.2, 0.25) is 0 Å². The predicted molar refractivity (Wildman–Crippen MR) is 124 cm³/mol. The maximum Gasteiger partial charge on any atom is 0.228 e. The van der Waals surface area contributed by atoms with Crippen molar-refractivity contribution in [3.8, 4) is 0 Å². The number of carbonyl (C=O) groups is 2. The quantitative estimate of drug-likeness (QED) is 0.597. The SMILES string of the molecule is CCn1nnc2c(N3CCN(C(=O)[C@@H]4CC(=O)N(c5ccc(C)c(C)c5)C4)CC3)ncnc21.